The number of hydrogen-bond acceptors (Lipinski definition) is 6. The van der Waals surface area contributed by atoms with Gasteiger partial charge in [0.2, 0.25) is 5.75 Å². The number of nitrogens with zero attached hydrogens (tertiary/aromatic N) is 3. The Labute approximate surface area is 156 Å². The van der Waals surface area contributed by atoms with Crippen LogP contribution < -0.4 is 19.6 Å². The summed E-state index contributed by atoms with van der Waals surface area (Å²) >= 11 is 0. The van der Waals surface area contributed by atoms with Crippen LogP contribution in [0.3, 0.4) is 0 Å². The van der Waals surface area contributed by atoms with E-state index in [2.05, 4.69) is 15.5 Å². The summed E-state index contributed by atoms with van der Waals surface area (Å²) in [5.41, 5.74) is 4.87. The molecule has 0 fully saturated rings. The highest BCUT2D eigenvalue weighted by atomic mass is 16.5. The van der Waals surface area contributed by atoms with Crippen LogP contribution in [-0.2, 0) is 11.3 Å². The third kappa shape index (κ3) is 3.84. The number of benzene rings is 2. The van der Waals surface area contributed by atoms with Gasteiger partial charge in [0.1, 0.15) is 6.54 Å². The van der Waals surface area contributed by atoms with Gasteiger partial charge in [-0.05, 0) is 24.3 Å². The highest BCUT2D eigenvalue weighted by Gasteiger charge is 2.14. The van der Waals surface area contributed by atoms with Crippen molar-refractivity contribution in [2.75, 3.05) is 21.3 Å². The average molecular weight is 368 g/mol. The second-order valence-corrected chi connectivity index (χ2v) is 5.58. The molecule has 0 aliphatic heterocycles. The Kier molecular flexibility index (Phi) is 5.55. The van der Waals surface area contributed by atoms with E-state index in [1.165, 1.54) is 20.4 Å². The number of imidazole rings is 1. The fourth-order valence-electron chi connectivity index (χ4n) is 2.73. The molecule has 3 rings (SSSR count). The van der Waals surface area contributed by atoms with Gasteiger partial charge in [-0.15, -0.1) is 0 Å². The summed E-state index contributed by atoms with van der Waals surface area (Å²) in [4.78, 5) is 16.4. The van der Waals surface area contributed by atoms with Crippen molar-refractivity contribution in [1.29, 1.82) is 0 Å². The Bertz CT molecular complexity index is 981. The van der Waals surface area contributed by atoms with E-state index in [0.717, 1.165) is 11.0 Å². The van der Waals surface area contributed by atoms with Crippen molar-refractivity contribution in [3.63, 3.8) is 0 Å². The molecule has 0 aliphatic rings. The number of fused-ring (bicyclic) bond motifs is 1. The van der Waals surface area contributed by atoms with Gasteiger partial charge in [-0.1, -0.05) is 12.1 Å². The average Bonchev–Trinajstić information content (AvgIpc) is 3.10. The largest absolute Gasteiger partial charge is 0.493 e. The zero-order valence-electron chi connectivity index (χ0n) is 15.3. The lowest BCUT2D eigenvalue weighted by Gasteiger charge is -2.13. The second kappa shape index (κ2) is 8.22. The van der Waals surface area contributed by atoms with Crippen molar-refractivity contribution >= 4 is 23.2 Å². The maximum atomic E-state index is 12.2. The molecule has 0 unspecified atom stereocenters. The summed E-state index contributed by atoms with van der Waals surface area (Å²) in [5, 5.41) is 4.01. The third-order valence-electron chi connectivity index (χ3n) is 3.97. The number of aromatic nitrogens is 2. The summed E-state index contributed by atoms with van der Waals surface area (Å²) in [6, 6.07) is 11.1. The molecule has 1 amide bonds. The van der Waals surface area contributed by atoms with E-state index < -0.39 is 0 Å². The van der Waals surface area contributed by atoms with Crippen molar-refractivity contribution in [2.24, 2.45) is 5.10 Å². The first-order valence-corrected chi connectivity index (χ1v) is 8.18. The molecule has 0 atom stereocenters. The minimum Gasteiger partial charge on any atom is -0.493 e. The van der Waals surface area contributed by atoms with Gasteiger partial charge in [0.25, 0.3) is 5.91 Å². The van der Waals surface area contributed by atoms with Crippen molar-refractivity contribution in [2.45, 2.75) is 6.54 Å². The molecular formula is C19H20N4O4. The zero-order chi connectivity index (χ0) is 19.2. The summed E-state index contributed by atoms with van der Waals surface area (Å²) in [5.74, 6) is 1.20. The van der Waals surface area contributed by atoms with Crippen LogP contribution in [0.25, 0.3) is 11.0 Å². The fraction of sp³-hybridized carbons (Fsp3) is 0.211. The Morgan fingerprint density at radius 1 is 1.11 bits per heavy atom. The Morgan fingerprint density at radius 2 is 1.89 bits per heavy atom. The molecule has 3 aromatic rings. The van der Waals surface area contributed by atoms with Crippen LogP contribution in [0.1, 0.15) is 5.56 Å². The number of methoxy groups -OCH3 is 3. The predicted molar refractivity (Wildman–Crippen MR) is 102 cm³/mol. The molecule has 0 bridgehead atoms. The molecule has 1 aromatic heterocycles. The minimum absolute atomic E-state index is 0.112. The van der Waals surface area contributed by atoms with Gasteiger partial charge < -0.3 is 18.8 Å². The quantitative estimate of drug-likeness (QED) is 0.510. The summed E-state index contributed by atoms with van der Waals surface area (Å²) in [6.07, 6.45) is 3.12. The molecule has 0 spiro atoms. The van der Waals surface area contributed by atoms with E-state index in [1.807, 2.05) is 24.3 Å². The smallest absolute Gasteiger partial charge is 0.260 e. The van der Waals surface area contributed by atoms with Crippen LogP contribution in [0.2, 0.25) is 0 Å². The third-order valence-corrected chi connectivity index (χ3v) is 3.97. The van der Waals surface area contributed by atoms with Gasteiger partial charge >= 0.3 is 0 Å². The first-order valence-electron chi connectivity index (χ1n) is 8.18. The molecular weight excluding hydrogens is 348 g/mol. The first-order chi connectivity index (χ1) is 13.2. The summed E-state index contributed by atoms with van der Waals surface area (Å²) in [6.45, 7) is 0.112. The molecule has 0 radical (unpaired) electrons. The maximum absolute atomic E-state index is 12.2. The summed E-state index contributed by atoms with van der Waals surface area (Å²) < 4.78 is 17.7. The predicted octanol–water partition coefficient (Wildman–Crippen LogP) is 2.21. The van der Waals surface area contributed by atoms with Gasteiger partial charge in [0.15, 0.2) is 11.5 Å². The molecule has 2 aromatic carbocycles. The Hall–Kier alpha value is -3.55. The van der Waals surface area contributed by atoms with Crippen LogP contribution >= 0.6 is 0 Å². The SMILES string of the molecule is COc1ccc(/C=N\NC(=O)Cn2cnc3ccccc32)c(OC)c1OC. The Morgan fingerprint density at radius 3 is 2.63 bits per heavy atom. The standard InChI is InChI=1S/C19H20N4O4/c1-25-16-9-8-13(18(26-2)19(16)27-3)10-21-22-17(24)11-23-12-20-14-6-4-5-7-15(14)23/h4-10,12H,11H2,1-3H3,(H,22,24)/b21-10-. The lowest BCUT2D eigenvalue weighted by Crippen LogP contribution is -2.22. The molecule has 8 heteroatoms. The van der Waals surface area contributed by atoms with E-state index in [0.29, 0.717) is 22.8 Å². The van der Waals surface area contributed by atoms with E-state index in [-0.39, 0.29) is 12.5 Å². The van der Waals surface area contributed by atoms with Crippen LogP contribution in [0.5, 0.6) is 17.2 Å². The number of ether oxygens (including phenoxy) is 3. The topological polar surface area (TPSA) is 87.0 Å². The number of amides is 1. The summed E-state index contributed by atoms with van der Waals surface area (Å²) in [7, 11) is 4.60. The van der Waals surface area contributed by atoms with Crippen LogP contribution in [0.4, 0.5) is 0 Å². The van der Waals surface area contributed by atoms with Crippen molar-refractivity contribution in [1.82, 2.24) is 15.0 Å². The van der Waals surface area contributed by atoms with Gasteiger partial charge in [-0.2, -0.15) is 5.10 Å². The molecule has 0 saturated carbocycles. The zero-order valence-corrected chi connectivity index (χ0v) is 15.3. The monoisotopic (exact) mass is 368 g/mol. The highest BCUT2D eigenvalue weighted by molar-refractivity contribution is 5.87. The maximum Gasteiger partial charge on any atom is 0.260 e. The molecule has 0 saturated heterocycles. The number of carbonyl (C=O) groups excluding carboxylic acids is 1. The van der Waals surface area contributed by atoms with Crippen molar-refractivity contribution < 1.29 is 19.0 Å². The van der Waals surface area contributed by atoms with Gasteiger partial charge in [-0.3, -0.25) is 4.79 Å². The minimum atomic E-state index is -0.270. The van der Waals surface area contributed by atoms with E-state index in [9.17, 15) is 4.79 Å². The highest BCUT2D eigenvalue weighted by Crippen LogP contribution is 2.38. The number of nitrogens with one attached hydrogen (secondary N) is 1. The number of hydrazone groups is 1. The van der Waals surface area contributed by atoms with Crippen LogP contribution in [0.15, 0.2) is 47.8 Å². The van der Waals surface area contributed by atoms with Gasteiger partial charge in [-0.25, -0.2) is 10.4 Å². The fourth-order valence-corrected chi connectivity index (χ4v) is 2.73. The number of carbonyl (C=O) groups is 1. The Balaban J connectivity index is 1.71. The molecule has 1 heterocycles. The van der Waals surface area contributed by atoms with E-state index in [4.69, 9.17) is 14.2 Å². The van der Waals surface area contributed by atoms with Crippen LogP contribution in [0, 0.1) is 0 Å². The normalized spacial score (nSPS) is 10.9. The molecule has 0 aliphatic carbocycles. The lowest BCUT2D eigenvalue weighted by atomic mass is 10.2. The first kappa shape index (κ1) is 18.2. The number of para-hydroxylation sites is 2. The molecule has 140 valence electrons. The van der Waals surface area contributed by atoms with Crippen molar-refractivity contribution in [3.05, 3.63) is 48.3 Å². The second-order valence-electron chi connectivity index (χ2n) is 5.58. The molecule has 1 N–H and O–H groups in total. The van der Waals surface area contributed by atoms with E-state index in [1.54, 1.807) is 30.1 Å². The number of rotatable bonds is 7. The lowest BCUT2D eigenvalue weighted by molar-refractivity contribution is -0.121. The molecule has 27 heavy (non-hydrogen) atoms. The van der Waals surface area contributed by atoms with Crippen molar-refractivity contribution in [3.8, 4) is 17.2 Å². The van der Waals surface area contributed by atoms with Gasteiger partial charge in [0, 0.05) is 5.56 Å². The van der Waals surface area contributed by atoms with E-state index >= 15 is 0 Å². The van der Waals surface area contributed by atoms with Crippen LogP contribution in [-0.4, -0.2) is 43.0 Å². The molecule has 8 nitrogen and oxygen atoms in total. The van der Waals surface area contributed by atoms with Gasteiger partial charge in [0.05, 0.1) is 44.9 Å². The number of hydrogen-bond donors (Lipinski definition) is 1.